The van der Waals surface area contributed by atoms with Crippen molar-refractivity contribution in [3.05, 3.63) is 48.8 Å². The van der Waals surface area contributed by atoms with Crippen LogP contribution in [0.1, 0.15) is 44.9 Å². The molecule has 7 rings (SSSR count). The lowest BCUT2D eigenvalue weighted by Gasteiger charge is -2.58. The molecule has 1 saturated heterocycles. The molecular weight excluding hydrogens is 398 g/mol. The zero-order valence-corrected chi connectivity index (χ0v) is 18.6. The number of hydrogen-bond acceptors (Lipinski definition) is 4. The van der Waals surface area contributed by atoms with Crippen molar-refractivity contribution in [1.82, 2.24) is 10.3 Å². The molecule has 4 saturated carbocycles. The molecule has 4 aliphatic carbocycles. The molecule has 5 heteroatoms. The fourth-order valence-electron chi connectivity index (χ4n) is 7.34. The second kappa shape index (κ2) is 7.87. The van der Waals surface area contributed by atoms with Gasteiger partial charge in [0, 0.05) is 37.2 Å². The van der Waals surface area contributed by atoms with Crippen LogP contribution >= 0.6 is 0 Å². The Morgan fingerprint density at radius 1 is 1.06 bits per heavy atom. The lowest BCUT2D eigenvalue weighted by molar-refractivity contribution is -0.163. The van der Waals surface area contributed by atoms with E-state index in [1.54, 1.807) is 6.20 Å². The largest absolute Gasteiger partial charge is 0.393 e. The fourth-order valence-corrected chi connectivity index (χ4v) is 7.34. The summed E-state index contributed by atoms with van der Waals surface area (Å²) < 4.78 is 0. The Bertz CT molecular complexity index is 960. The van der Waals surface area contributed by atoms with Crippen molar-refractivity contribution in [2.75, 3.05) is 18.0 Å². The van der Waals surface area contributed by atoms with Crippen LogP contribution in [0.15, 0.2) is 48.8 Å². The second-order valence-electron chi connectivity index (χ2n) is 10.8. The maximum absolute atomic E-state index is 13.5. The number of nitrogens with zero attached hydrogens (tertiary/aromatic N) is 2. The van der Waals surface area contributed by atoms with Gasteiger partial charge in [-0.2, -0.15) is 0 Å². The third-order valence-corrected chi connectivity index (χ3v) is 8.69. The van der Waals surface area contributed by atoms with E-state index in [1.807, 2.05) is 12.3 Å². The number of pyridine rings is 1. The van der Waals surface area contributed by atoms with Crippen LogP contribution in [0.5, 0.6) is 0 Å². The molecule has 5 nitrogen and oxygen atoms in total. The maximum atomic E-state index is 13.5. The summed E-state index contributed by atoms with van der Waals surface area (Å²) in [6.45, 7) is 1.90. The minimum Gasteiger partial charge on any atom is -0.393 e. The van der Waals surface area contributed by atoms with E-state index in [-0.39, 0.29) is 23.5 Å². The molecule has 5 fully saturated rings. The number of carbonyl (C=O) groups excluding carboxylic acids is 1. The molecule has 1 aliphatic heterocycles. The fraction of sp³-hybridized carbons (Fsp3) is 0.556. The van der Waals surface area contributed by atoms with Crippen LogP contribution in [0, 0.1) is 23.2 Å². The van der Waals surface area contributed by atoms with Crippen LogP contribution in [0.4, 0.5) is 5.69 Å². The van der Waals surface area contributed by atoms with Gasteiger partial charge < -0.3 is 15.3 Å². The van der Waals surface area contributed by atoms with E-state index in [4.69, 9.17) is 0 Å². The summed E-state index contributed by atoms with van der Waals surface area (Å²) in [7, 11) is 0. The first-order valence-corrected chi connectivity index (χ1v) is 12.3. The number of aromatic nitrogens is 1. The van der Waals surface area contributed by atoms with Gasteiger partial charge in [0.2, 0.25) is 5.91 Å². The number of piperidine rings is 1. The number of amides is 1. The third-order valence-electron chi connectivity index (χ3n) is 8.69. The topological polar surface area (TPSA) is 65.5 Å². The first-order chi connectivity index (χ1) is 15.6. The molecule has 1 amide bonds. The predicted molar refractivity (Wildman–Crippen MR) is 125 cm³/mol. The molecule has 5 aliphatic rings. The minimum atomic E-state index is -0.219. The Balaban J connectivity index is 1.12. The molecule has 2 N–H and O–H groups in total. The van der Waals surface area contributed by atoms with Gasteiger partial charge in [-0.3, -0.25) is 9.78 Å². The Labute approximate surface area is 190 Å². The van der Waals surface area contributed by atoms with Crippen LogP contribution in [-0.2, 0) is 4.79 Å². The van der Waals surface area contributed by atoms with Gasteiger partial charge in [0.05, 0.1) is 11.5 Å². The number of rotatable bonds is 4. The molecule has 1 aromatic heterocycles. The highest BCUT2D eigenvalue weighted by Crippen LogP contribution is 2.60. The number of carbonyl (C=O) groups is 1. The smallest absolute Gasteiger partial charge is 0.226 e. The summed E-state index contributed by atoms with van der Waals surface area (Å²) in [6.07, 6.45) is 10.7. The van der Waals surface area contributed by atoms with Gasteiger partial charge in [-0.05, 0) is 92.0 Å². The molecule has 3 atom stereocenters. The molecule has 0 radical (unpaired) electrons. The van der Waals surface area contributed by atoms with Crippen LogP contribution in [-0.4, -0.2) is 41.2 Å². The number of benzene rings is 1. The first kappa shape index (κ1) is 20.2. The average molecular weight is 432 g/mol. The number of hydrogen-bond donors (Lipinski definition) is 2. The summed E-state index contributed by atoms with van der Waals surface area (Å²) >= 11 is 0. The Kier molecular flexibility index (Phi) is 4.98. The number of aliphatic hydroxyl groups is 1. The van der Waals surface area contributed by atoms with Gasteiger partial charge in [0.1, 0.15) is 0 Å². The van der Waals surface area contributed by atoms with E-state index in [0.29, 0.717) is 17.8 Å². The van der Waals surface area contributed by atoms with Gasteiger partial charge in [-0.25, -0.2) is 0 Å². The molecule has 0 spiro atoms. The summed E-state index contributed by atoms with van der Waals surface area (Å²) in [4.78, 5) is 20.1. The SMILES string of the molecule is O=C(NC1CCCN(c2ccc(-c3cccnc3)cc2)C1)C12CC3CC(C1)C(O)C(C3)C2. The zero-order valence-electron chi connectivity index (χ0n) is 18.6. The maximum Gasteiger partial charge on any atom is 0.226 e. The number of nitrogens with one attached hydrogen (secondary N) is 1. The van der Waals surface area contributed by atoms with Gasteiger partial charge >= 0.3 is 0 Å². The lowest BCUT2D eigenvalue weighted by atomic mass is 9.48. The average Bonchev–Trinajstić information content (AvgIpc) is 2.83. The summed E-state index contributed by atoms with van der Waals surface area (Å²) in [6, 6.07) is 12.9. The predicted octanol–water partition coefficient (Wildman–Crippen LogP) is 4.02. The van der Waals surface area contributed by atoms with Gasteiger partial charge in [-0.15, -0.1) is 0 Å². The van der Waals surface area contributed by atoms with E-state index < -0.39 is 0 Å². The molecule has 4 bridgehead atoms. The molecule has 2 aromatic rings. The van der Waals surface area contributed by atoms with Crippen LogP contribution in [0.2, 0.25) is 0 Å². The quantitative estimate of drug-likeness (QED) is 0.767. The Morgan fingerprint density at radius 2 is 1.84 bits per heavy atom. The molecule has 168 valence electrons. The lowest BCUT2D eigenvalue weighted by Crippen LogP contribution is -2.60. The summed E-state index contributed by atoms with van der Waals surface area (Å²) in [5.74, 6) is 1.59. The van der Waals surface area contributed by atoms with Crippen molar-refractivity contribution in [1.29, 1.82) is 0 Å². The van der Waals surface area contributed by atoms with E-state index >= 15 is 0 Å². The Morgan fingerprint density at radius 3 is 2.56 bits per heavy atom. The monoisotopic (exact) mass is 431 g/mol. The molecular formula is C27H33N3O2. The van der Waals surface area contributed by atoms with Crippen molar-refractivity contribution in [2.45, 2.75) is 57.1 Å². The summed E-state index contributed by atoms with van der Waals surface area (Å²) in [5, 5.41) is 14.0. The van der Waals surface area contributed by atoms with Crippen molar-refractivity contribution in [2.24, 2.45) is 23.2 Å². The highest BCUT2D eigenvalue weighted by molar-refractivity contribution is 5.83. The standard InChI is InChI=1S/C27H33N3O2/c31-25-21-11-18-12-22(25)15-27(13-18,14-21)26(32)29-23-4-2-10-30(17-23)24-7-5-19(6-8-24)20-3-1-9-28-16-20/h1,3,5-9,16,18,21-23,25,31H,2,4,10-15,17H2,(H,29,32). The van der Waals surface area contributed by atoms with Crippen LogP contribution in [0.3, 0.4) is 0 Å². The molecule has 32 heavy (non-hydrogen) atoms. The normalized spacial score (nSPS) is 35.7. The van der Waals surface area contributed by atoms with Crippen molar-refractivity contribution < 1.29 is 9.90 Å². The van der Waals surface area contributed by atoms with Crippen LogP contribution in [0.25, 0.3) is 11.1 Å². The van der Waals surface area contributed by atoms with Gasteiger partial charge in [0.25, 0.3) is 0 Å². The molecule has 3 unspecified atom stereocenters. The van der Waals surface area contributed by atoms with E-state index in [0.717, 1.165) is 63.6 Å². The first-order valence-electron chi connectivity index (χ1n) is 12.3. The van der Waals surface area contributed by atoms with Crippen LogP contribution < -0.4 is 10.2 Å². The summed E-state index contributed by atoms with van der Waals surface area (Å²) in [5.41, 5.74) is 3.30. The minimum absolute atomic E-state index is 0.174. The molecule has 2 heterocycles. The van der Waals surface area contributed by atoms with Crippen molar-refractivity contribution in [3.8, 4) is 11.1 Å². The number of aliphatic hydroxyl groups excluding tert-OH is 1. The highest BCUT2D eigenvalue weighted by Gasteiger charge is 2.58. The number of anilines is 1. The third kappa shape index (κ3) is 3.51. The van der Waals surface area contributed by atoms with E-state index in [1.165, 1.54) is 11.3 Å². The van der Waals surface area contributed by atoms with Gasteiger partial charge in [0.15, 0.2) is 0 Å². The second-order valence-corrected chi connectivity index (χ2v) is 10.8. The van der Waals surface area contributed by atoms with Crippen molar-refractivity contribution >= 4 is 11.6 Å². The zero-order chi connectivity index (χ0) is 21.7. The van der Waals surface area contributed by atoms with Gasteiger partial charge in [-0.1, -0.05) is 18.2 Å². The Hall–Kier alpha value is -2.40. The highest BCUT2D eigenvalue weighted by atomic mass is 16.3. The van der Waals surface area contributed by atoms with Crippen molar-refractivity contribution in [3.63, 3.8) is 0 Å². The molecule has 1 aromatic carbocycles. The van der Waals surface area contributed by atoms with E-state index in [2.05, 4.69) is 45.5 Å². The van der Waals surface area contributed by atoms with E-state index in [9.17, 15) is 9.90 Å².